The molecule has 6 nitrogen and oxygen atoms in total. The average Bonchev–Trinajstić information content (AvgIpc) is 3.30. The maximum absolute atomic E-state index is 12.7. The Morgan fingerprint density at radius 3 is 2.37 bits per heavy atom. The summed E-state index contributed by atoms with van der Waals surface area (Å²) in [7, 11) is -3.07. The highest BCUT2D eigenvalue weighted by Gasteiger charge is 2.42. The van der Waals surface area contributed by atoms with E-state index in [1.807, 2.05) is 49.4 Å². The summed E-state index contributed by atoms with van der Waals surface area (Å²) in [5.41, 5.74) is 3.24. The summed E-state index contributed by atoms with van der Waals surface area (Å²) in [5.74, 6) is -0.596. The van der Waals surface area contributed by atoms with Gasteiger partial charge in [0.25, 0.3) is 0 Å². The van der Waals surface area contributed by atoms with E-state index in [-0.39, 0.29) is 41.8 Å². The number of hydrogen-bond donors (Lipinski definition) is 1. The largest absolute Gasteiger partial charge is 0.349 e. The topological polar surface area (TPSA) is 83.6 Å². The molecule has 0 saturated carbocycles. The van der Waals surface area contributed by atoms with Gasteiger partial charge in [-0.1, -0.05) is 54.6 Å². The van der Waals surface area contributed by atoms with Crippen molar-refractivity contribution in [2.75, 3.05) is 18.1 Å². The first-order chi connectivity index (χ1) is 14.3. The molecule has 2 aliphatic rings. The van der Waals surface area contributed by atoms with Gasteiger partial charge in [0.05, 0.1) is 23.5 Å². The molecule has 2 aromatic carbocycles. The smallest absolute Gasteiger partial charge is 0.225 e. The van der Waals surface area contributed by atoms with E-state index in [9.17, 15) is 18.0 Å². The van der Waals surface area contributed by atoms with Crippen molar-refractivity contribution in [1.82, 2.24) is 10.2 Å². The molecule has 1 N–H and O–H groups in total. The summed E-state index contributed by atoms with van der Waals surface area (Å²) in [4.78, 5) is 26.7. The first-order valence-electron chi connectivity index (χ1n) is 10.3. The molecule has 2 amide bonds. The van der Waals surface area contributed by atoms with Gasteiger partial charge in [-0.15, -0.1) is 0 Å². The number of amides is 2. The number of rotatable bonds is 5. The van der Waals surface area contributed by atoms with E-state index >= 15 is 0 Å². The maximum Gasteiger partial charge on any atom is 0.225 e. The Labute approximate surface area is 177 Å². The van der Waals surface area contributed by atoms with Crippen LogP contribution in [-0.4, -0.2) is 49.2 Å². The van der Waals surface area contributed by atoms with Gasteiger partial charge in [-0.05, 0) is 30.0 Å². The Bertz CT molecular complexity index is 1030. The number of nitrogens with one attached hydrogen (secondary N) is 1. The van der Waals surface area contributed by atoms with Crippen LogP contribution in [0.25, 0.3) is 11.1 Å². The lowest BCUT2D eigenvalue weighted by Crippen LogP contribution is -2.39. The quantitative estimate of drug-likeness (QED) is 0.797. The molecule has 0 radical (unpaired) electrons. The molecule has 3 atom stereocenters. The lowest BCUT2D eigenvalue weighted by Gasteiger charge is -2.23. The number of hydrogen-bond acceptors (Lipinski definition) is 4. The Morgan fingerprint density at radius 1 is 1.07 bits per heavy atom. The van der Waals surface area contributed by atoms with Gasteiger partial charge < -0.3 is 10.2 Å². The minimum Gasteiger partial charge on any atom is -0.349 e. The average molecular weight is 427 g/mol. The number of sulfone groups is 1. The van der Waals surface area contributed by atoms with Crippen LogP contribution in [0.3, 0.4) is 0 Å². The van der Waals surface area contributed by atoms with Gasteiger partial charge in [0.2, 0.25) is 11.8 Å². The first-order valence-corrected chi connectivity index (χ1v) is 12.1. The van der Waals surface area contributed by atoms with Crippen molar-refractivity contribution in [3.05, 3.63) is 60.2 Å². The van der Waals surface area contributed by atoms with E-state index in [0.29, 0.717) is 13.0 Å². The fourth-order valence-electron chi connectivity index (χ4n) is 4.29. The minimum absolute atomic E-state index is 0.0112. The molecule has 158 valence electrons. The van der Waals surface area contributed by atoms with E-state index < -0.39 is 15.8 Å². The molecule has 0 bridgehead atoms. The van der Waals surface area contributed by atoms with Crippen LogP contribution in [0, 0.1) is 5.92 Å². The van der Waals surface area contributed by atoms with Crippen molar-refractivity contribution >= 4 is 21.7 Å². The molecular formula is C23H26N2O4S. The molecule has 2 aliphatic heterocycles. The highest BCUT2D eigenvalue weighted by atomic mass is 32.2. The fraction of sp³-hybridized carbons (Fsp3) is 0.391. The second kappa shape index (κ2) is 8.22. The molecule has 0 aromatic heterocycles. The Morgan fingerprint density at radius 2 is 1.73 bits per heavy atom. The normalized spacial score (nSPS) is 24.0. The van der Waals surface area contributed by atoms with Gasteiger partial charge in [0.15, 0.2) is 9.84 Å². The van der Waals surface area contributed by atoms with E-state index in [2.05, 4.69) is 17.4 Å². The third kappa shape index (κ3) is 4.41. The van der Waals surface area contributed by atoms with Crippen molar-refractivity contribution in [2.45, 2.75) is 31.8 Å². The van der Waals surface area contributed by atoms with Crippen molar-refractivity contribution in [2.24, 2.45) is 5.92 Å². The van der Waals surface area contributed by atoms with Crippen LogP contribution in [0.15, 0.2) is 54.6 Å². The van der Waals surface area contributed by atoms with Crippen LogP contribution >= 0.6 is 0 Å². The predicted molar refractivity (Wildman–Crippen MR) is 115 cm³/mol. The zero-order valence-corrected chi connectivity index (χ0v) is 17.8. The van der Waals surface area contributed by atoms with E-state index in [0.717, 1.165) is 16.7 Å². The standard InChI is InChI=1S/C23H26N2O4S/c1-16(17-7-9-19(10-8-17)18-5-3-2-4-6-18)24-23(27)20-13-22(26)25(14-20)21-11-12-30(28,29)15-21/h2-10,16,20-21H,11-15H2,1H3,(H,24,27). The summed E-state index contributed by atoms with van der Waals surface area (Å²) in [6.45, 7) is 2.22. The molecule has 2 saturated heterocycles. The zero-order chi connectivity index (χ0) is 21.3. The Kier molecular flexibility index (Phi) is 5.64. The summed E-state index contributed by atoms with van der Waals surface area (Å²) in [6, 6.07) is 17.7. The monoisotopic (exact) mass is 426 g/mol. The molecular weight excluding hydrogens is 400 g/mol. The highest BCUT2D eigenvalue weighted by molar-refractivity contribution is 7.91. The van der Waals surface area contributed by atoms with E-state index in [1.54, 1.807) is 4.90 Å². The zero-order valence-electron chi connectivity index (χ0n) is 17.0. The maximum atomic E-state index is 12.7. The molecule has 2 fully saturated rings. The van der Waals surface area contributed by atoms with Crippen molar-refractivity contribution in [1.29, 1.82) is 0 Å². The fourth-order valence-corrected chi connectivity index (χ4v) is 6.02. The van der Waals surface area contributed by atoms with Crippen molar-refractivity contribution in [3.63, 3.8) is 0 Å². The van der Waals surface area contributed by atoms with Crippen molar-refractivity contribution < 1.29 is 18.0 Å². The lowest BCUT2D eigenvalue weighted by molar-refractivity contribution is -0.130. The molecule has 4 rings (SSSR count). The summed E-state index contributed by atoms with van der Waals surface area (Å²) in [5, 5.41) is 3.01. The second-order valence-corrected chi connectivity index (χ2v) is 10.5. The Hall–Kier alpha value is -2.67. The Balaban J connectivity index is 1.36. The molecule has 3 unspecified atom stereocenters. The van der Waals surface area contributed by atoms with Gasteiger partial charge in [0.1, 0.15) is 0 Å². The van der Waals surface area contributed by atoms with Gasteiger partial charge in [-0.25, -0.2) is 8.42 Å². The molecule has 30 heavy (non-hydrogen) atoms. The highest BCUT2D eigenvalue weighted by Crippen LogP contribution is 2.27. The first kappa shape index (κ1) is 20.6. The predicted octanol–water partition coefficient (Wildman–Crippen LogP) is 2.57. The van der Waals surface area contributed by atoms with Crippen LogP contribution in [0.2, 0.25) is 0 Å². The number of benzene rings is 2. The number of nitrogens with zero attached hydrogens (tertiary/aromatic N) is 1. The molecule has 2 heterocycles. The number of carbonyl (C=O) groups excluding carboxylic acids is 2. The van der Waals surface area contributed by atoms with Crippen LogP contribution in [0.4, 0.5) is 0 Å². The van der Waals surface area contributed by atoms with Gasteiger partial charge in [-0.2, -0.15) is 0 Å². The number of likely N-dealkylation sites (tertiary alicyclic amines) is 1. The lowest BCUT2D eigenvalue weighted by atomic mass is 10.0. The number of carbonyl (C=O) groups is 2. The van der Waals surface area contributed by atoms with Crippen molar-refractivity contribution in [3.8, 4) is 11.1 Å². The second-order valence-electron chi connectivity index (χ2n) is 8.22. The van der Waals surface area contributed by atoms with E-state index in [1.165, 1.54) is 0 Å². The SMILES string of the molecule is CC(NC(=O)C1CC(=O)N(C2CCS(=O)(=O)C2)C1)c1ccc(-c2ccccc2)cc1. The van der Waals surface area contributed by atoms with Crippen LogP contribution in [0.1, 0.15) is 31.4 Å². The van der Waals surface area contributed by atoms with Gasteiger partial charge in [-0.3, -0.25) is 9.59 Å². The van der Waals surface area contributed by atoms with Gasteiger partial charge in [0, 0.05) is 19.0 Å². The molecule has 0 spiro atoms. The third-order valence-electron chi connectivity index (χ3n) is 6.05. The van der Waals surface area contributed by atoms with Gasteiger partial charge >= 0.3 is 0 Å². The van der Waals surface area contributed by atoms with Crippen LogP contribution < -0.4 is 5.32 Å². The summed E-state index contributed by atoms with van der Waals surface area (Å²) in [6.07, 6.45) is 0.606. The molecule has 0 aliphatic carbocycles. The van der Waals surface area contributed by atoms with Crippen LogP contribution in [0.5, 0.6) is 0 Å². The minimum atomic E-state index is -3.07. The summed E-state index contributed by atoms with van der Waals surface area (Å²) < 4.78 is 23.4. The molecule has 7 heteroatoms. The molecule has 2 aromatic rings. The van der Waals surface area contributed by atoms with E-state index in [4.69, 9.17) is 0 Å². The third-order valence-corrected chi connectivity index (χ3v) is 7.81. The van der Waals surface area contributed by atoms with Crippen LogP contribution in [-0.2, 0) is 19.4 Å². The summed E-state index contributed by atoms with van der Waals surface area (Å²) >= 11 is 0.